The molecular weight excluding hydrogens is 296 g/mol. The second-order valence-electron chi connectivity index (χ2n) is 5.67. The smallest absolute Gasteiger partial charge is 0.309 e. The largest absolute Gasteiger partial charge is 0.497 e. The molecule has 0 aliphatic heterocycles. The van der Waals surface area contributed by atoms with Crippen LogP contribution in [-0.2, 0) is 14.3 Å². The number of nitrogens with one attached hydrogen (secondary N) is 2. The molecule has 1 aromatic carbocycles. The van der Waals surface area contributed by atoms with E-state index in [9.17, 15) is 9.59 Å². The van der Waals surface area contributed by atoms with Gasteiger partial charge in [-0.25, -0.2) is 0 Å². The summed E-state index contributed by atoms with van der Waals surface area (Å²) in [5.74, 6) is -0.478. The zero-order chi connectivity index (χ0) is 16.7. The minimum atomic E-state index is -0.623. The van der Waals surface area contributed by atoms with Crippen molar-refractivity contribution in [2.45, 2.75) is 37.8 Å². The van der Waals surface area contributed by atoms with Crippen LogP contribution >= 0.6 is 0 Å². The lowest BCUT2D eigenvalue weighted by molar-refractivity contribution is -0.139. The summed E-state index contributed by atoms with van der Waals surface area (Å²) in [6.07, 6.45) is 3.77. The van der Waals surface area contributed by atoms with Gasteiger partial charge in [0.1, 0.15) is 5.75 Å². The van der Waals surface area contributed by atoms with E-state index >= 15 is 0 Å². The Morgan fingerprint density at radius 1 is 1.22 bits per heavy atom. The molecule has 1 aliphatic carbocycles. The van der Waals surface area contributed by atoms with E-state index in [-0.39, 0.29) is 18.7 Å². The van der Waals surface area contributed by atoms with Gasteiger partial charge in [0.2, 0.25) is 0 Å². The number of methoxy groups -OCH3 is 2. The summed E-state index contributed by atoms with van der Waals surface area (Å²) in [7, 11) is 3.16. The fourth-order valence-electron chi connectivity index (χ4n) is 2.77. The first kappa shape index (κ1) is 17.3. The summed E-state index contributed by atoms with van der Waals surface area (Å²) in [5, 5.41) is 5.39. The van der Waals surface area contributed by atoms with E-state index in [1.54, 1.807) is 14.2 Å². The quantitative estimate of drug-likeness (QED) is 0.780. The molecule has 1 fully saturated rings. The fourth-order valence-corrected chi connectivity index (χ4v) is 2.77. The third-order valence-corrected chi connectivity index (χ3v) is 4.09. The Balaban J connectivity index is 1.86. The normalized spacial score (nSPS) is 15.9. The van der Waals surface area contributed by atoms with Crippen molar-refractivity contribution in [2.24, 2.45) is 0 Å². The number of carbonyl (C=O) groups excluding carboxylic acids is 2. The first-order chi connectivity index (χ1) is 11.1. The number of carbonyl (C=O) groups is 2. The summed E-state index contributed by atoms with van der Waals surface area (Å²) in [6.45, 7) is 0.223. The van der Waals surface area contributed by atoms with Crippen LogP contribution < -0.4 is 15.4 Å². The van der Waals surface area contributed by atoms with Crippen LogP contribution in [0.5, 0.6) is 5.75 Å². The van der Waals surface area contributed by atoms with Crippen LogP contribution in [0.1, 0.15) is 37.4 Å². The predicted octanol–water partition coefficient (Wildman–Crippen LogP) is 1.56. The van der Waals surface area contributed by atoms with E-state index in [1.807, 2.05) is 24.3 Å². The van der Waals surface area contributed by atoms with Crippen molar-refractivity contribution >= 4 is 11.8 Å². The second kappa shape index (κ2) is 8.53. The van der Waals surface area contributed by atoms with E-state index in [1.165, 1.54) is 0 Å². The number of hydrogen-bond donors (Lipinski definition) is 2. The van der Waals surface area contributed by atoms with Gasteiger partial charge >= 0.3 is 11.8 Å². The van der Waals surface area contributed by atoms with E-state index < -0.39 is 11.8 Å². The minimum absolute atomic E-state index is 0.129. The van der Waals surface area contributed by atoms with E-state index in [2.05, 4.69) is 10.6 Å². The SMILES string of the molecule is COc1cccc([C@@H](CNC(=O)C(=O)NC2CCCC2)OC)c1. The molecule has 126 valence electrons. The predicted molar refractivity (Wildman–Crippen MR) is 86.2 cm³/mol. The van der Waals surface area contributed by atoms with Crippen LogP contribution in [0.4, 0.5) is 0 Å². The maximum Gasteiger partial charge on any atom is 0.309 e. The Bertz CT molecular complexity index is 541. The topological polar surface area (TPSA) is 76.7 Å². The molecule has 6 nitrogen and oxygen atoms in total. The van der Waals surface area contributed by atoms with Crippen molar-refractivity contribution < 1.29 is 19.1 Å². The van der Waals surface area contributed by atoms with Gasteiger partial charge in [-0.15, -0.1) is 0 Å². The number of benzene rings is 1. The molecule has 0 aromatic heterocycles. The van der Waals surface area contributed by atoms with Crippen LogP contribution in [0.2, 0.25) is 0 Å². The molecule has 0 radical (unpaired) electrons. The first-order valence-corrected chi connectivity index (χ1v) is 7.89. The van der Waals surface area contributed by atoms with Gasteiger partial charge in [0.25, 0.3) is 0 Å². The number of hydrogen-bond acceptors (Lipinski definition) is 4. The van der Waals surface area contributed by atoms with Gasteiger partial charge in [0.05, 0.1) is 13.2 Å². The number of rotatable bonds is 6. The van der Waals surface area contributed by atoms with Crippen molar-refractivity contribution in [1.29, 1.82) is 0 Å². The summed E-state index contributed by atoms with van der Waals surface area (Å²) in [4.78, 5) is 23.8. The molecule has 0 bridgehead atoms. The van der Waals surface area contributed by atoms with Crippen molar-refractivity contribution in [2.75, 3.05) is 20.8 Å². The lowest BCUT2D eigenvalue weighted by atomic mass is 10.1. The minimum Gasteiger partial charge on any atom is -0.497 e. The van der Waals surface area contributed by atoms with Gasteiger partial charge in [0, 0.05) is 19.7 Å². The van der Waals surface area contributed by atoms with E-state index in [0.717, 1.165) is 37.0 Å². The molecule has 23 heavy (non-hydrogen) atoms. The highest BCUT2D eigenvalue weighted by Crippen LogP contribution is 2.21. The molecular formula is C17H24N2O4. The Labute approximate surface area is 136 Å². The van der Waals surface area contributed by atoms with Crippen molar-refractivity contribution in [3.63, 3.8) is 0 Å². The highest BCUT2D eigenvalue weighted by Gasteiger charge is 2.22. The number of amides is 2. The van der Waals surface area contributed by atoms with Crippen LogP contribution in [-0.4, -0.2) is 38.6 Å². The molecule has 0 saturated heterocycles. The molecule has 0 heterocycles. The van der Waals surface area contributed by atoms with Crippen molar-refractivity contribution in [1.82, 2.24) is 10.6 Å². The second-order valence-corrected chi connectivity index (χ2v) is 5.67. The lowest BCUT2D eigenvalue weighted by Crippen LogP contribution is -2.44. The van der Waals surface area contributed by atoms with Crippen LogP contribution in [0.3, 0.4) is 0 Å². The molecule has 6 heteroatoms. The molecule has 0 unspecified atom stereocenters. The molecule has 1 atom stereocenters. The molecule has 1 saturated carbocycles. The summed E-state index contributed by atoms with van der Waals surface area (Å²) in [6, 6.07) is 7.56. The summed E-state index contributed by atoms with van der Waals surface area (Å²) < 4.78 is 10.6. The average molecular weight is 320 g/mol. The first-order valence-electron chi connectivity index (χ1n) is 7.89. The molecule has 2 N–H and O–H groups in total. The van der Waals surface area contributed by atoms with Gasteiger partial charge in [-0.1, -0.05) is 25.0 Å². The van der Waals surface area contributed by atoms with Crippen LogP contribution in [0.25, 0.3) is 0 Å². The molecule has 2 amide bonds. The molecule has 1 aliphatic rings. The Kier molecular flexibility index (Phi) is 6.40. The van der Waals surface area contributed by atoms with Gasteiger partial charge in [0.15, 0.2) is 0 Å². The Morgan fingerprint density at radius 2 is 1.96 bits per heavy atom. The van der Waals surface area contributed by atoms with Gasteiger partial charge in [-0.2, -0.15) is 0 Å². The van der Waals surface area contributed by atoms with Crippen LogP contribution in [0.15, 0.2) is 24.3 Å². The van der Waals surface area contributed by atoms with Gasteiger partial charge < -0.3 is 20.1 Å². The Hall–Kier alpha value is -2.08. The summed E-state index contributed by atoms with van der Waals surface area (Å²) in [5.41, 5.74) is 0.878. The van der Waals surface area contributed by atoms with Crippen LogP contribution in [0, 0.1) is 0 Å². The summed E-state index contributed by atoms with van der Waals surface area (Å²) >= 11 is 0. The lowest BCUT2D eigenvalue weighted by Gasteiger charge is -2.17. The maximum atomic E-state index is 11.9. The fraction of sp³-hybridized carbons (Fsp3) is 0.529. The standard InChI is InChI=1S/C17H24N2O4/c1-22-14-9-5-6-12(10-14)15(23-2)11-18-16(20)17(21)19-13-7-3-4-8-13/h5-6,9-10,13,15H,3-4,7-8,11H2,1-2H3,(H,18,20)(H,19,21)/t15-/m1/s1. The maximum absolute atomic E-state index is 11.9. The average Bonchev–Trinajstić information content (AvgIpc) is 3.08. The highest BCUT2D eigenvalue weighted by molar-refractivity contribution is 6.35. The zero-order valence-electron chi connectivity index (χ0n) is 13.6. The van der Waals surface area contributed by atoms with Crippen molar-refractivity contribution in [3.8, 4) is 5.75 Å². The zero-order valence-corrected chi connectivity index (χ0v) is 13.6. The molecule has 2 rings (SSSR count). The monoisotopic (exact) mass is 320 g/mol. The third-order valence-electron chi connectivity index (χ3n) is 4.09. The van der Waals surface area contributed by atoms with Gasteiger partial charge in [-0.05, 0) is 30.5 Å². The van der Waals surface area contributed by atoms with Gasteiger partial charge in [-0.3, -0.25) is 9.59 Å². The number of ether oxygens (including phenoxy) is 2. The molecule has 1 aromatic rings. The van der Waals surface area contributed by atoms with Crippen molar-refractivity contribution in [3.05, 3.63) is 29.8 Å². The third kappa shape index (κ3) is 4.96. The highest BCUT2D eigenvalue weighted by atomic mass is 16.5. The van der Waals surface area contributed by atoms with E-state index in [0.29, 0.717) is 0 Å². The van der Waals surface area contributed by atoms with E-state index in [4.69, 9.17) is 9.47 Å². The molecule has 0 spiro atoms. The Morgan fingerprint density at radius 3 is 2.61 bits per heavy atom.